The Morgan fingerprint density at radius 2 is 1.96 bits per heavy atom. The van der Waals surface area contributed by atoms with Gasteiger partial charge in [0.05, 0.1) is 17.0 Å². The fourth-order valence-corrected chi connectivity index (χ4v) is 4.94. The molecule has 1 aromatic carbocycles. The Bertz CT molecular complexity index is 841. The molecule has 6 nitrogen and oxygen atoms in total. The number of hydrogen-bond donors (Lipinski definition) is 0. The van der Waals surface area contributed by atoms with Crippen molar-refractivity contribution in [2.24, 2.45) is 0 Å². The third-order valence-corrected chi connectivity index (χ3v) is 6.18. The molecule has 1 atom stereocenters. The van der Waals surface area contributed by atoms with Crippen LogP contribution in [0.3, 0.4) is 0 Å². The van der Waals surface area contributed by atoms with Crippen molar-refractivity contribution >= 4 is 38.2 Å². The van der Waals surface area contributed by atoms with Crippen LogP contribution in [-0.4, -0.2) is 68.0 Å². The highest BCUT2D eigenvalue weighted by Gasteiger charge is 2.33. The molecule has 1 aliphatic heterocycles. The molecule has 1 unspecified atom stereocenters. The third-order valence-electron chi connectivity index (χ3n) is 4.27. The van der Waals surface area contributed by atoms with E-state index in [1.807, 2.05) is 38.4 Å². The standard InChI is InChI=1S/C16H21ClN4O2S/c1-20(2)8-9-21(12-7-10-24(22,23)11-12)15-13-5-3-4-6-14(13)18-16(17)19-15/h3-6,12H,7-11H2,1-2H3. The summed E-state index contributed by atoms with van der Waals surface area (Å²) >= 11 is 6.12. The Kier molecular flexibility index (Phi) is 4.94. The normalized spacial score (nSPS) is 19.9. The quantitative estimate of drug-likeness (QED) is 0.750. The lowest BCUT2D eigenvalue weighted by atomic mass is 10.1. The van der Waals surface area contributed by atoms with Crippen LogP contribution in [0.5, 0.6) is 0 Å². The molecule has 0 bridgehead atoms. The van der Waals surface area contributed by atoms with Gasteiger partial charge in [0.1, 0.15) is 5.82 Å². The van der Waals surface area contributed by atoms with E-state index in [1.165, 1.54) is 0 Å². The number of fused-ring (bicyclic) bond motifs is 1. The SMILES string of the molecule is CN(C)CCN(c1nc(Cl)nc2ccccc12)C1CCS(=O)(=O)C1. The highest BCUT2D eigenvalue weighted by molar-refractivity contribution is 7.91. The lowest BCUT2D eigenvalue weighted by Crippen LogP contribution is -2.41. The third kappa shape index (κ3) is 3.79. The van der Waals surface area contributed by atoms with Crippen molar-refractivity contribution in [3.05, 3.63) is 29.5 Å². The molecule has 0 saturated carbocycles. The van der Waals surface area contributed by atoms with Gasteiger partial charge in [-0.1, -0.05) is 12.1 Å². The minimum atomic E-state index is -2.98. The van der Waals surface area contributed by atoms with Crippen molar-refractivity contribution in [1.29, 1.82) is 0 Å². The molecule has 2 aromatic rings. The van der Waals surface area contributed by atoms with E-state index in [-0.39, 0.29) is 22.8 Å². The summed E-state index contributed by atoms with van der Waals surface area (Å²) in [5.41, 5.74) is 0.767. The lowest BCUT2D eigenvalue weighted by molar-refractivity contribution is 0.406. The molecule has 1 fully saturated rings. The maximum atomic E-state index is 11.9. The first kappa shape index (κ1) is 17.4. The van der Waals surface area contributed by atoms with Crippen molar-refractivity contribution in [2.75, 3.05) is 43.6 Å². The van der Waals surface area contributed by atoms with Gasteiger partial charge in [-0.05, 0) is 44.2 Å². The molecular weight excluding hydrogens is 348 g/mol. The summed E-state index contributed by atoms with van der Waals surface area (Å²) in [6.07, 6.45) is 0.617. The van der Waals surface area contributed by atoms with Crippen molar-refractivity contribution in [3.63, 3.8) is 0 Å². The fraction of sp³-hybridized carbons (Fsp3) is 0.500. The molecule has 0 radical (unpaired) electrons. The topological polar surface area (TPSA) is 66.4 Å². The first-order valence-electron chi connectivity index (χ1n) is 7.90. The molecule has 1 aromatic heterocycles. The molecule has 0 amide bonds. The van der Waals surface area contributed by atoms with Gasteiger partial charge in [-0.3, -0.25) is 0 Å². The number of nitrogens with zero attached hydrogens (tertiary/aromatic N) is 4. The number of benzene rings is 1. The van der Waals surface area contributed by atoms with Gasteiger partial charge in [0.2, 0.25) is 5.28 Å². The van der Waals surface area contributed by atoms with Gasteiger partial charge in [0.25, 0.3) is 0 Å². The molecule has 1 saturated heterocycles. The van der Waals surface area contributed by atoms with Gasteiger partial charge >= 0.3 is 0 Å². The van der Waals surface area contributed by atoms with E-state index in [0.29, 0.717) is 13.0 Å². The van der Waals surface area contributed by atoms with E-state index in [4.69, 9.17) is 11.6 Å². The number of anilines is 1. The van der Waals surface area contributed by atoms with E-state index < -0.39 is 9.84 Å². The lowest BCUT2D eigenvalue weighted by Gasteiger charge is -2.31. The molecule has 8 heteroatoms. The van der Waals surface area contributed by atoms with Crippen LogP contribution in [0.1, 0.15) is 6.42 Å². The van der Waals surface area contributed by atoms with E-state index in [1.54, 1.807) is 0 Å². The van der Waals surface area contributed by atoms with Crippen LogP contribution in [0.2, 0.25) is 5.28 Å². The van der Waals surface area contributed by atoms with Gasteiger partial charge in [-0.2, -0.15) is 4.98 Å². The fourth-order valence-electron chi connectivity index (χ4n) is 3.04. The summed E-state index contributed by atoms with van der Waals surface area (Å²) < 4.78 is 23.9. The molecule has 130 valence electrons. The smallest absolute Gasteiger partial charge is 0.224 e. The van der Waals surface area contributed by atoms with Gasteiger partial charge in [-0.15, -0.1) is 0 Å². The number of halogens is 1. The zero-order valence-corrected chi connectivity index (χ0v) is 15.4. The van der Waals surface area contributed by atoms with Crippen LogP contribution in [0.25, 0.3) is 10.9 Å². The Balaban J connectivity index is 2.05. The summed E-state index contributed by atoms with van der Waals surface area (Å²) in [6.45, 7) is 1.48. The summed E-state index contributed by atoms with van der Waals surface area (Å²) in [4.78, 5) is 12.9. The van der Waals surface area contributed by atoms with E-state index in [9.17, 15) is 8.42 Å². The highest BCUT2D eigenvalue weighted by atomic mass is 35.5. The average molecular weight is 369 g/mol. The molecule has 0 spiro atoms. The summed E-state index contributed by atoms with van der Waals surface area (Å²) in [5, 5.41) is 1.07. The predicted octanol–water partition coefficient (Wildman–Crippen LogP) is 1.84. The zero-order chi connectivity index (χ0) is 17.3. The Labute approximate surface area is 147 Å². The van der Waals surface area contributed by atoms with Gasteiger partial charge in [0, 0.05) is 24.5 Å². The summed E-state index contributed by atoms with van der Waals surface area (Å²) in [7, 11) is 1.01. The van der Waals surface area contributed by atoms with Crippen molar-refractivity contribution in [1.82, 2.24) is 14.9 Å². The van der Waals surface area contributed by atoms with E-state index >= 15 is 0 Å². The molecule has 0 aliphatic carbocycles. The Hall–Kier alpha value is -1.44. The van der Waals surface area contributed by atoms with Crippen LogP contribution >= 0.6 is 11.6 Å². The molecule has 2 heterocycles. The second-order valence-electron chi connectivity index (χ2n) is 6.39. The number of para-hydroxylation sites is 1. The summed E-state index contributed by atoms with van der Waals surface area (Å²) in [6, 6.07) is 7.59. The molecular formula is C16H21ClN4O2S. The minimum Gasteiger partial charge on any atom is -0.351 e. The number of likely N-dealkylation sites (N-methyl/N-ethyl adjacent to an activating group) is 1. The number of rotatable bonds is 5. The van der Waals surface area contributed by atoms with Crippen molar-refractivity contribution in [2.45, 2.75) is 12.5 Å². The molecule has 3 rings (SSSR count). The monoisotopic (exact) mass is 368 g/mol. The van der Waals surface area contributed by atoms with Gasteiger partial charge < -0.3 is 9.80 Å². The number of hydrogen-bond acceptors (Lipinski definition) is 6. The predicted molar refractivity (Wildman–Crippen MR) is 97.5 cm³/mol. The van der Waals surface area contributed by atoms with E-state index in [2.05, 4.69) is 19.8 Å². The van der Waals surface area contributed by atoms with Crippen LogP contribution in [0, 0.1) is 0 Å². The van der Waals surface area contributed by atoms with Crippen LogP contribution < -0.4 is 4.90 Å². The maximum Gasteiger partial charge on any atom is 0.224 e. The Morgan fingerprint density at radius 1 is 1.21 bits per heavy atom. The highest BCUT2D eigenvalue weighted by Crippen LogP contribution is 2.29. The van der Waals surface area contributed by atoms with Crippen molar-refractivity contribution in [3.8, 4) is 0 Å². The van der Waals surface area contributed by atoms with Gasteiger partial charge in [-0.25, -0.2) is 13.4 Å². The Morgan fingerprint density at radius 3 is 2.62 bits per heavy atom. The van der Waals surface area contributed by atoms with Crippen LogP contribution in [0.4, 0.5) is 5.82 Å². The minimum absolute atomic E-state index is 0.0793. The van der Waals surface area contributed by atoms with Crippen molar-refractivity contribution < 1.29 is 8.42 Å². The molecule has 1 aliphatic rings. The molecule has 24 heavy (non-hydrogen) atoms. The first-order valence-corrected chi connectivity index (χ1v) is 10.1. The molecule has 0 N–H and O–H groups in total. The largest absolute Gasteiger partial charge is 0.351 e. The van der Waals surface area contributed by atoms with E-state index in [0.717, 1.165) is 23.3 Å². The van der Waals surface area contributed by atoms with Crippen LogP contribution in [0.15, 0.2) is 24.3 Å². The van der Waals surface area contributed by atoms with Crippen LogP contribution in [-0.2, 0) is 9.84 Å². The summed E-state index contributed by atoms with van der Waals surface area (Å²) in [5.74, 6) is 1.11. The second-order valence-corrected chi connectivity index (χ2v) is 8.95. The maximum absolute atomic E-state index is 11.9. The number of sulfone groups is 1. The number of aromatic nitrogens is 2. The average Bonchev–Trinajstić information content (AvgIpc) is 2.87. The first-order chi connectivity index (χ1) is 11.4. The second kappa shape index (κ2) is 6.82. The van der Waals surface area contributed by atoms with Gasteiger partial charge in [0.15, 0.2) is 9.84 Å². The zero-order valence-electron chi connectivity index (χ0n) is 13.8.